The molecule has 0 radical (unpaired) electrons. The highest BCUT2D eigenvalue weighted by Gasteiger charge is 2.00. The fraction of sp³-hybridized carbons (Fsp3) is 0.125. The van der Waals surface area contributed by atoms with Crippen LogP contribution >= 0.6 is 11.8 Å². The second kappa shape index (κ2) is 3.98. The van der Waals surface area contributed by atoms with E-state index in [0.29, 0.717) is 10.6 Å². The minimum Gasteiger partial charge on any atom is -0.398 e. The summed E-state index contributed by atoms with van der Waals surface area (Å²) in [5.41, 5.74) is 6.04. The maximum absolute atomic E-state index is 12.6. The number of hydrogen-bond donors (Lipinski definition) is 1. The molecule has 0 saturated carbocycles. The Bertz CT molecular complexity index is 319. The first-order valence-electron chi connectivity index (χ1n) is 3.29. The zero-order valence-corrected chi connectivity index (χ0v) is 7.07. The van der Waals surface area contributed by atoms with Crippen molar-refractivity contribution >= 4 is 17.4 Å². The maximum atomic E-state index is 12.6. The molecule has 2 N–H and O–H groups in total. The van der Waals surface area contributed by atoms with Gasteiger partial charge in [0.05, 0.1) is 11.8 Å². The quantitative estimate of drug-likeness (QED) is 0.562. The van der Waals surface area contributed by atoms with Crippen LogP contribution in [-0.2, 0) is 0 Å². The first kappa shape index (κ1) is 8.88. The molecule has 0 fully saturated rings. The summed E-state index contributed by atoms with van der Waals surface area (Å²) in [7, 11) is 0. The molecule has 0 amide bonds. The molecule has 0 aliphatic heterocycles. The largest absolute Gasteiger partial charge is 0.398 e. The van der Waals surface area contributed by atoms with Gasteiger partial charge in [0.25, 0.3) is 0 Å². The summed E-state index contributed by atoms with van der Waals surface area (Å²) in [6, 6.07) is 6.07. The number of hydrogen-bond acceptors (Lipinski definition) is 3. The Hall–Kier alpha value is -1.21. The Balaban J connectivity index is 2.84. The number of nitriles is 1. The van der Waals surface area contributed by atoms with E-state index in [9.17, 15) is 4.39 Å². The van der Waals surface area contributed by atoms with Gasteiger partial charge in [0, 0.05) is 10.6 Å². The zero-order chi connectivity index (χ0) is 8.97. The van der Waals surface area contributed by atoms with Crippen molar-refractivity contribution in [3.63, 3.8) is 0 Å². The van der Waals surface area contributed by atoms with Crippen LogP contribution < -0.4 is 5.73 Å². The van der Waals surface area contributed by atoms with Crippen LogP contribution in [0, 0.1) is 17.1 Å². The molecule has 0 aromatic heterocycles. The fourth-order valence-electron chi connectivity index (χ4n) is 0.743. The van der Waals surface area contributed by atoms with E-state index in [1.807, 2.05) is 6.07 Å². The van der Waals surface area contributed by atoms with Gasteiger partial charge in [-0.25, -0.2) is 4.39 Å². The maximum Gasteiger partial charge on any atom is 0.124 e. The van der Waals surface area contributed by atoms with E-state index in [0.717, 1.165) is 0 Å². The fourth-order valence-corrected chi connectivity index (χ4v) is 1.39. The van der Waals surface area contributed by atoms with Gasteiger partial charge in [-0.2, -0.15) is 5.26 Å². The molecular formula is C8H7FN2S. The van der Waals surface area contributed by atoms with Crippen LogP contribution in [0.1, 0.15) is 0 Å². The molecule has 0 unspecified atom stereocenters. The summed E-state index contributed by atoms with van der Waals surface area (Å²) in [4.78, 5) is 0.622. The normalized spacial score (nSPS) is 9.33. The number of thioether (sulfide) groups is 1. The number of halogens is 1. The molecule has 0 aliphatic rings. The molecule has 0 aliphatic carbocycles. The molecule has 0 atom stereocenters. The first-order valence-corrected chi connectivity index (χ1v) is 4.27. The molecule has 4 heteroatoms. The smallest absolute Gasteiger partial charge is 0.124 e. The van der Waals surface area contributed by atoms with Gasteiger partial charge < -0.3 is 5.73 Å². The summed E-state index contributed by atoms with van der Waals surface area (Å²) < 4.78 is 12.6. The number of anilines is 1. The van der Waals surface area contributed by atoms with Crippen LogP contribution in [0.25, 0.3) is 0 Å². The van der Waals surface area contributed by atoms with E-state index < -0.39 is 0 Å². The van der Waals surface area contributed by atoms with Crippen molar-refractivity contribution in [3.05, 3.63) is 24.0 Å². The number of nitrogens with zero attached hydrogens (tertiary/aromatic N) is 1. The van der Waals surface area contributed by atoms with Crippen LogP contribution in [0.4, 0.5) is 10.1 Å². The van der Waals surface area contributed by atoms with Crippen molar-refractivity contribution in [1.29, 1.82) is 5.26 Å². The molecule has 62 valence electrons. The first-order chi connectivity index (χ1) is 5.74. The lowest BCUT2D eigenvalue weighted by Gasteiger charge is -2.01. The van der Waals surface area contributed by atoms with Crippen molar-refractivity contribution in [2.24, 2.45) is 0 Å². The molecule has 0 heterocycles. The van der Waals surface area contributed by atoms with Crippen LogP contribution in [0.5, 0.6) is 0 Å². The summed E-state index contributed by atoms with van der Waals surface area (Å²) in [5, 5.41) is 8.28. The molecule has 12 heavy (non-hydrogen) atoms. The predicted octanol–water partition coefficient (Wildman–Crippen LogP) is 2.02. The third kappa shape index (κ3) is 2.14. The standard InChI is InChI=1S/C8H7FN2S/c9-6-1-2-7(11)8(5-6)12-4-3-10/h1-2,5H,4,11H2. The highest BCUT2D eigenvalue weighted by atomic mass is 32.2. The Morgan fingerprint density at radius 2 is 2.33 bits per heavy atom. The number of nitrogens with two attached hydrogens (primary N) is 1. The summed E-state index contributed by atoms with van der Waals surface area (Å²) in [6.07, 6.45) is 0. The van der Waals surface area contributed by atoms with Gasteiger partial charge in [-0.1, -0.05) is 0 Å². The lowest BCUT2D eigenvalue weighted by Crippen LogP contribution is -1.89. The van der Waals surface area contributed by atoms with E-state index in [1.165, 1.54) is 30.0 Å². The third-order valence-corrected chi connectivity index (χ3v) is 2.21. The lowest BCUT2D eigenvalue weighted by molar-refractivity contribution is 0.624. The SMILES string of the molecule is N#CCSc1cc(F)ccc1N. The second-order valence-corrected chi connectivity index (χ2v) is 3.15. The van der Waals surface area contributed by atoms with Crippen molar-refractivity contribution in [2.45, 2.75) is 4.90 Å². The van der Waals surface area contributed by atoms with Crippen LogP contribution in [-0.4, -0.2) is 5.75 Å². The van der Waals surface area contributed by atoms with Crippen LogP contribution in [0.15, 0.2) is 23.1 Å². The molecule has 1 rings (SSSR count). The lowest BCUT2D eigenvalue weighted by atomic mass is 10.3. The Morgan fingerprint density at radius 1 is 1.58 bits per heavy atom. The highest BCUT2D eigenvalue weighted by molar-refractivity contribution is 7.99. The molecule has 0 spiro atoms. The van der Waals surface area contributed by atoms with Crippen molar-refractivity contribution in [3.8, 4) is 6.07 Å². The van der Waals surface area contributed by atoms with E-state index in [1.54, 1.807) is 0 Å². The topological polar surface area (TPSA) is 49.8 Å². The molecule has 1 aromatic rings. The van der Waals surface area contributed by atoms with Gasteiger partial charge in [-0.05, 0) is 18.2 Å². The van der Waals surface area contributed by atoms with Crippen molar-refractivity contribution in [1.82, 2.24) is 0 Å². The summed E-state index contributed by atoms with van der Waals surface area (Å²) in [5.74, 6) is -0.0437. The van der Waals surface area contributed by atoms with E-state index >= 15 is 0 Å². The zero-order valence-electron chi connectivity index (χ0n) is 6.25. The van der Waals surface area contributed by atoms with Gasteiger partial charge in [0.15, 0.2) is 0 Å². The van der Waals surface area contributed by atoms with Crippen LogP contribution in [0.3, 0.4) is 0 Å². The third-order valence-electron chi connectivity index (χ3n) is 1.27. The minimum absolute atomic E-state index is 0.285. The minimum atomic E-state index is -0.329. The Kier molecular flexibility index (Phi) is 2.94. The summed E-state index contributed by atoms with van der Waals surface area (Å²) in [6.45, 7) is 0. The number of rotatable bonds is 2. The molecule has 0 saturated heterocycles. The highest BCUT2D eigenvalue weighted by Crippen LogP contribution is 2.24. The number of nitrogen functional groups attached to an aromatic ring is 1. The predicted molar refractivity (Wildman–Crippen MR) is 47.1 cm³/mol. The van der Waals surface area contributed by atoms with Crippen molar-refractivity contribution < 1.29 is 4.39 Å². The average Bonchev–Trinajstić information content (AvgIpc) is 2.07. The second-order valence-electron chi connectivity index (χ2n) is 2.13. The van der Waals surface area contributed by atoms with E-state index in [4.69, 9.17) is 11.0 Å². The summed E-state index contributed by atoms with van der Waals surface area (Å²) >= 11 is 1.24. The average molecular weight is 182 g/mol. The van der Waals surface area contributed by atoms with Gasteiger partial charge in [-0.15, -0.1) is 11.8 Å². The van der Waals surface area contributed by atoms with Crippen LogP contribution in [0.2, 0.25) is 0 Å². The van der Waals surface area contributed by atoms with E-state index in [2.05, 4.69) is 0 Å². The molecule has 1 aromatic carbocycles. The van der Waals surface area contributed by atoms with Gasteiger partial charge in [-0.3, -0.25) is 0 Å². The Labute approximate surface area is 74.2 Å². The van der Waals surface area contributed by atoms with E-state index in [-0.39, 0.29) is 11.6 Å². The van der Waals surface area contributed by atoms with Crippen molar-refractivity contribution in [2.75, 3.05) is 11.5 Å². The Morgan fingerprint density at radius 3 is 3.00 bits per heavy atom. The molecule has 0 bridgehead atoms. The number of benzene rings is 1. The van der Waals surface area contributed by atoms with Gasteiger partial charge >= 0.3 is 0 Å². The van der Waals surface area contributed by atoms with Gasteiger partial charge in [0.1, 0.15) is 5.82 Å². The van der Waals surface area contributed by atoms with Gasteiger partial charge in [0.2, 0.25) is 0 Å². The molecule has 2 nitrogen and oxygen atoms in total. The monoisotopic (exact) mass is 182 g/mol. The molecular weight excluding hydrogens is 175 g/mol.